The number of hydrogen-bond donors (Lipinski definition) is 1. The number of carbonyl (C=O) groups is 1. The molecule has 1 amide bonds. The zero-order chi connectivity index (χ0) is 18.2. The number of nitrogens with one attached hydrogen (secondary N) is 1. The first-order chi connectivity index (χ1) is 12.0. The van der Waals surface area contributed by atoms with E-state index in [1.54, 1.807) is 18.2 Å². The zero-order valence-electron chi connectivity index (χ0n) is 13.4. The smallest absolute Gasteiger partial charge is 0.271 e. The van der Waals surface area contributed by atoms with Crippen LogP contribution in [0.3, 0.4) is 0 Å². The first-order valence-electron chi connectivity index (χ1n) is 7.26. The number of non-ortho nitro benzene ring substituents is 1. The van der Waals surface area contributed by atoms with Crippen molar-refractivity contribution < 1.29 is 14.5 Å². The molecule has 0 aromatic heterocycles. The van der Waals surface area contributed by atoms with E-state index in [1.807, 2.05) is 13.0 Å². The van der Waals surface area contributed by atoms with Gasteiger partial charge in [0.25, 0.3) is 11.6 Å². The van der Waals surface area contributed by atoms with E-state index in [9.17, 15) is 14.9 Å². The maximum atomic E-state index is 12.0. The first-order valence-corrected chi connectivity index (χ1v) is 7.26. The summed E-state index contributed by atoms with van der Waals surface area (Å²) in [6.45, 7) is 1.88. The molecule has 0 radical (unpaired) electrons. The van der Waals surface area contributed by atoms with E-state index in [4.69, 9.17) is 11.2 Å². The minimum Gasteiger partial charge on any atom is -0.480 e. The number of nitro benzene ring substituents is 1. The number of hydrogen-bond acceptors (Lipinski definition) is 5. The number of carbonyl (C=O) groups excluding carboxylic acids is 1. The van der Waals surface area contributed by atoms with Crippen LogP contribution in [0.1, 0.15) is 21.5 Å². The summed E-state index contributed by atoms with van der Waals surface area (Å²) in [5.41, 5.74) is 3.98. The van der Waals surface area contributed by atoms with Gasteiger partial charge < -0.3 is 4.74 Å². The van der Waals surface area contributed by atoms with Crippen molar-refractivity contribution in [2.24, 2.45) is 5.10 Å². The van der Waals surface area contributed by atoms with Crippen LogP contribution in [-0.4, -0.2) is 23.7 Å². The van der Waals surface area contributed by atoms with Crippen LogP contribution in [-0.2, 0) is 0 Å². The molecule has 0 aliphatic rings. The highest BCUT2D eigenvalue weighted by Gasteiger charge is 2.11. The molecule has 0 bridgehead atoms. The predicted octanol–water partition coefficient (Wildman–Crippen LogP) is 2.68. The second-order valence-corrected chi connectivity index (χ2v) is 5.04. The standard InChI is InChI=1S/C18H15N3O4/c1-3-9-25-17-8-7-16(21(23)24)11-15(17)12-19-20-18(22)14-6-4-5-13(2)10-14/h1,4-8,10-12H,9H2,2H3,(H,20,22)/b19-12-. The van der Waals surface area contributed by atoms with Crippen LogP contribution in [0.2, 0.25) is 0 Å². The summed E-state index contributed by atoms with van der Waals surface area (Å²) in [5.74, 6) is 2.25. The van der Waals surface area contributed by atoms with Crippen LogP contribution in [0.25, 0.3) is 0 Å². The zero-order valence-corrected chi connectivity index (χ0v) is 13.4. The van der Waals surface area contributed by atoms with Crippen molar-refractivity contribution >= 4 is 17.8 Å². The predicted molar refractivity (Wildman–Crippen MR) is 93.7 cm³/mol. The van der Waals surface area contributed by atoms with Gasteiger partial charge in [0.05, 0.1) is 11.1 Å². The van der Waals surface area contributed by atoms with Crippen LogP contribution in [0, 0.1) is 29.4 Å². The minimum absolute atomic E-state index is 0.00824. The molecular formula is C18H15N3O4. The monoisotopic (exact) mass is 337 g/mol. The van der Waals surface area contributed by atoms with Gasteiger partial charge in [-0.3, -0.25) is 14.9 Å². The number of nitro groups is 1. The number of amides is 1. The normalized spacial score (nSPS) is 10.2. The number of nitrogens with zero attached hydrogens (tertiary/aromatic N) is 2. The molecule has 25 heavy (non-hydrogen) atoms. The fourth-order valence-electron chi connectivity index (χ4n) is 2.01. The van der Waals surface area contributed by atoms with Gasteiger partial charge in [-0.15, -0.1) is 6.42 Å². The van der Waals surface area contributed by atoms with E-state index in [-0.39, 0.29) is 12.3 Å². The number of rotatable bonds is 6. The number of hydrazone groups is 1. The molecule has 2 aromatic rings. The van der Waals surface area contributed by atoms with E-state index < -0.39 is 10.8 Å². The molecular weight excluding hydrogens is 322 g/mol. The van der Waals surface area contributed by atoms with Crippen molar-refractivity contribution in [3.05, 3.63) is 69.3 Å². The van der Waals surface area contributed by atoms with Gasteiger partial charge >= 0.3 is 0 Å². The lowest BCUT2D eigenvalue weighted by molar-refractivity contribution is -0.384. The molecule has 126 valence electrons. The van der Waals surface area contributed by atoms with E-state index in [1.165, 1.54) is 24.4 Å². The fourth-order valence-corrected chi connectivity index (χ4v) is 2.01. The minimum atomic E-state index is -0.534. The third-order valence-corrected chi connectivity index (χ3v) is 3.17. The summed E-state index contributed by atoms with van der Waals surface area (Å²) >= 11 is 0. The van der Waals surface area contributed by atoms with Crippen molar-refractivity contribution in [2.45, 2.75) is 6.92 Å². The lowest BCUT2D eigenvalue weighted by Gasteiger charge is -2.06. The number of aryl methyl sites for hydroxylation is 1. The van der Waals surface area contributed by atoms with Crippen molar-refractivity contribution in [1.29, 1.82) is 0 Å². The Hall–Kier alpha value is -3.66. The Morgan fingerprint density at radius 2 is 2.20 bits per heavy atom. The summed E-state index contributed by atoms with van der Waals surface area (Å²) in [7, 11) is 0. The highest BCUT2D eigenvalue weighted by Crippen LogP contribution is 2.22. The van der Waals surface area contributed by atoms with Crippen LogP contribution in [0.4, 0.5) is 5.69 Å². The SMILES string of the molecule is C#CCOc1ccc([N+](=O)[O-])cc1/C=N\NC(=O)c1cccc(C)c1. The largest absolute Gasteiger partial charge is 0.480 e. The molecule has 7 nitrogen and oxygen atoms in total. The summed E-state index contributed by atoms with van der Waals surface area (Å²) in [4.78, 5) is 22.4. The Labute approximate surface area is 144 Å². The summed E-state index contributed by atoms with van der Waals surface area (Å²) in [6.07, 6.45) is 6.42. The molecule has 7 heteroatoms. The van der Waals surface area contributed by atoms with Gasteiger partial charge in [-0.05, 0) is 25.1 Å². The van der Waals surface area contributed by atoms with Crippen molar-refractivity contribution in [3.8, 4) is 18.1 Å². The average molecular weight is 337 g/mol. The van der Waals surface area contributed by atoms with Crippen LogP contribution in [0.5, 0.6) is 5.75 Å². The first kappa shape index (κ1) is 17.7. The molecule has 0 heterocycles. The second-order valence-electron chi connectivity index (χ2n) is 5.04. The van der Waals surface area contributed by atoms with E-state index >= 15 is 0 Å². The lowest BCUT2D eigenvalue weighted by Crippen LogP contribution is -2.17. The van der Waals surface area contributed by atoms with E-state index in [0.717, 1.165) is 5.56 Å². The summed E-state index contributed by atoms with van der Waals surface area (Å²) in [6, 6.07) is 11.0. The molecule has 2 rings (SSSR count). The van der Waals surface area contributed by atoms with Crippen molar-refractivity contribution in [2.75, 3.05) is 6.61 Å². The highest BCUT2D eigenvalue weighted by atomic mass is 16.6. The third-order valence-electron chi connectivity index (χ3n) is 3.17. The van der Waals surface area contributed by atoms with Gasteiger partial charge in [0, 0.05) is 23.3 Å². The molecule has 0 saturated heterocycles. The molecule has 0 aliphatic heterocycles. The molecule has 2 aromatic carbocycles. The molecule has 0 atom stereocenters. The molecule has 0 unspecified atom stereocenters. The Bertz CT molecular complexity index is 869. The molecule has 1 N–H and O–H groups in total. The third kappa shape index (κ3) is 4.91. The lowest BCUT2D eigenvalue weighted by atomic mass is 10.1. The number of ether oxygens (including phenoxy) is 1. The van der Waals surface area contributed by atoms with Gasteiger partial charge in [-0.2, -0.15) is 5.10 Å². The Kier molecular flexibility index (Phi) is 5.85. The molecule has 0 spiro atoms. The summed E-state index contributed by atoms with van der Waals surface area (Å²) in [5, 5.41) is 14.7. The maximum absolute atomic E-state index is 12.0. The van der Waals surface area contributed by atoms with Gasteiger partial charge in [-0.25, -0.2) is 5.43 Å². The number of terminal acetylenes is 1. The Morgan fingerprint density at radius 3 is 2.88 bits per heavy atom. The summed E-state index contributed by atoms with van der Waals surface area (Å²) < 4.78 is 5.32. The topological polar surface area (TPSA) is 93.8 Å². The van der Waals surface area contributed by atoms with Crippen molar-refractivity contribution in [1.82, 2.24) is 5.43 Å². The Morgan fingerprint density at radius 1 is 1.40 bits per heavy atom. The van der Waals surface area contributed by atoms with Crippen LogP contribution in [0.15, 0.2) is 47.6 Å². The average Bonchev–Trinajstić information content (AvgIpc) is 2.60. The fraction of sp³-hybridized carbons (Fsp3) is 0.111. The van der Waals surface area contributed by atoms with Gasteiger partial charge in [0.2, 0.25) is 0 Å². The van der Waals surface area contributed by atoms with Gasteiger partial charge in [0.1, 0.15) is 12.4 Å². The van der Waals surface area contributed by atoms with Crippen molar-refractivity contribution in [3.63, 3.8) is 0 Å². The van der Waals surface area contributed by atoms with Gasteiger partial charge in [-0.1, -0.05) is 23.6 Å². The molecule has 0 fully saturated rings. The van der Waals surface area contributed by atoms with Crippen LogP contribution < -0.4 is 10.2 Å². The molecule has 0 aliphatic carbocycles. The maximum Gasteiger partial charge on any atom is 0.271 e. The van der Waals surface area contributed by atoms with Crippen LogP contribution >= 0.6 is 0 Å². The van der Waals surface area contributed by atoms with E-state index in [0.29, 0.717) is 16.9 Å². The second kappa shape index (κ2) is 8.26. The quantitative estimate of drug-likeness (QED) is 0.379. The highest BCUT2D eigenvalue weighted by molar-refractivity contribution is 5.95. The number of benzene rings is 2. The van der Waals surface area contributed by atoms with Gasteiger partial charge in [0.15, 0.2) is 0 Å². The Balaban J connectivity index is 2.18. The molecule has 0 saturated carbocycles. The van der Waals surface area contributed by atoms with E-state index in [2.05, 4.69) is 16.4 Å².